The molecule has 1 fully saturated rings. The van der Waals surface area contributed by atoms with Gasteiger partial charge in [-0.2, -0.15) is 0 Å². The standard InChI is InChI=1S/C31H33NO6/c1-3-27(23-10-15-28-29(16-23)37-19-36-28)30(20-6-11-25(12-7-20)35-18-24(33)17-32-2)21-8-13-26(14-9-21)38-31(34)22-4-5-22/h6-16,22,24,32-33H,3-5,17-19H2,1-2H3. The van der Waals surface area contributed by atoms with Crippen LogP contribution in [0.2, 0.25) is 0 Å². The SMILES string of the molecule is CCC(=C(c1ccc(OCC(O)CNC)cc1)c1ccc(OC(=O)C2CC2)cc1)c1ccc2c(c1)OCO2. The largest absolute Gasteiger partial charge is 0.491 e. The van der Waals surface area contributed by atoms with E-state index in [0.29, 0.717) is 18.0 Å². The fraction of sp³-hybridized carbons (Fsp3) is 0.323. The maximum Gasteiger partial charge on any atom is 0.314 e. The lowest BCUT2D eigenvalue weighted by molar-refractivity contribution is -0.135. The van der Waals surface area contributed by atoms with Crippen molar-refractivity contribution in [2.75, 3.05) is 27.0 Å². The van der Waals surface area contributed by atoms with Crippen molar-refractivity contribution in [2.45, 2.75) is 32.3 Å². The minimum Gasteiger partial charge on any atom is -0.491 e. The van der Waals surface area contributed by atoms with E-state index >= 15 is 0 Å². The number of nitrogens with one attached hydrogen (secondary N) is 1. The molecule has 198 valence electrons. The third-order valence-electron chi connectivity index (χ3n) is 6.67. The predicted octanol–water partition coefficient (Wildman–Crippen LogP) is 5.06. The van der Waals surface area contributed by atoms with Crippen LogP contribution in [0.5, 0.6) is 23.0 Å². The maximum absolute atomic E-state index is 12.1. The minimum atomic E-state index is -0.583. The van der Waals surface area contributed by atoms with E-state index in [2.05, 4.69) is 18.3 Å². The molecular formula is C31H33NO6. The smallest absolute Gasteiger partial charge is 0.314 e. The number of hydrogen-bond acceptors (Lipinski definition) is 7. The molecule has 1 saturated carbocycles. The number of esters is 1. The van der Waals surface area contributed by atoms with Crippen LogP contribution in [0, 0.1) is 5.92 Å². The first-order valence-corrected chi connectivity index (χ1v) is 13.1. The summed E-state index contributed by atoms with van der Waals surface area (Å²) < 4.78 is 22.5. The van der Waals surface area contributed by atoms with Gasteiger partial charge in [-0.3, -0.25) is 4.79 Å². The number of allylic oxidation sites excluding steroid dienone is 1. The second-order valence-electron chi connectivity index (χ2n) is 9.54. The number of ether oxygens (including phenoxy) is 4. The molecule has 1 aliphatic heterocycles. The molecule has 2 N–H and O–H groups in total. The van der Waals surface area contributed by atoms with Gasteiger partial charge in [-0.15, -0.1) is 0 Å². The first kappa shape index (κ1) is 25.8. The zero-order valence-electron chi connectivity index (χ0n) is 21.7. The molecule has 1 atom stereocenters. The van der Waals surface area contributed by atoms with Gasteiger partial charge in [0.25, 0.3) is 0 Å². The van der Waals surface area contributed by atoms with Gasteiger partial charge in [-0.1, -0.05) is 37.3 Å². The summed E-state index contributed by atoms with van der Waals surface area (Å²) in [6.45, 7) is 3.03. The van der Waals surface area contributed by atoms with Crippen molar-refractivity contribution in [3.8, 4) is 23.0 Å². The Morgan fingerprint density at radius 1 is 0.947 bits per heavy atom. The second-order valence-corrected chi connectivity index (χ2v) is 9.54. The van der Waals surface area contributed by atoms with E-state index in [1.165, 1.54) is 0 Å². The first-order valence-electron chi connectivity index (χ1n) is 13.1. The molecule has 0 amide bonds. The average Bonchev–Trinajstić information content (AvgIpc) is 3.69. The summed E-state index contributed by atoms with van der Waals surface area (Å²) in [6, 6.07) is 21.6. The van der Waals surface area contributed by atoms with Crippen LogP contribution < -0.4 is 24.3 Å². The van der Waals surface area contributed by atoms with Gasteiger partial charge in [0.2, 0.25) is 6.79 Å². The van der Waals surface area contributed by atoms with Gasteiger partial charge in [0.1, 0.15) is 24.2 Å². The van der Waals surface area contributed by atoms with Crippen LogP contribution in [0.25, 0.3) is 11.1 Å². The summed E-state index contributed by atoms with van der Waals surface area (Å²) in [5.41, 5.74) is 5.28. The normalized spacial score (nSPS) is 15.6. The monoisotopic (exact) mass is 515 g/mol. The van der Waals surface area contributed by atoms with Crippen molar-refractivity contribution in [3.05, 3.63) is 83.4 Å². The first-order chi connectivity index (χ1) is 18.6. The number of rotatable bonds is 11. The predicted molar refractivity (Wildman–Crippen MR) is 145 cm³/mol. The van der Waals surface area contributed by atoms with Crippen LogP contribution in [0.4, 0.5) is 0 Å². The van der Waals surface area contributed by atoms with E-state index in [1.807, 2.05) is 60.7 Å². The topological polar surface area (TPSA) is 86.2 Å². The van der Waals surface area contributed by atoms with Gasteiger partial charge in [-0.05, 0) is 90.5 Å². The molecule has 0 bridgehead atoms. The Bertz CT molecular complexity index is 1290. The lowest BCUT2D eigenvalue weighted by Crippen LogP contribution is -2.29. The van der Waals surface area contributed by atoms with Crippen molar-refractivity contribution in [2.24, 2.45) is 5.92 Å². The quantitative estimate of drug-likeness (QED) is 0.210. The van der Waals surface area contributed by atoms with Gasteiger partial charge in [0.15, 0.2) is 11.5 Å². The van der Waals surface area contributed by atoms with Gasteiger partial charge in [0, 0.05) is 6.54 Å². The maximum atomic E-state index is 12.1. The summed E-state index contributed by atoms with van der Waals surface area (Å²) in [5, 5.41) is 12.9. The summed E-state index contributed by atoms with van der Waals surface area (Å²) >= 11 is 0. The Morgan fingerprint density at radius 3 is 2.21 bits per heavy atom. The number of likely N-dealkylation sites (N-methyl/N-ethyl adjacent to an activating group) is 1. The third kappa shape index (κ3) is 6.01. The van der Waals surface area contributed by atoms with Crippen LogP contribution in [-0.2, 0) is 4.79 Å². The van der Waals surface area contributed by atoms with Crippen molar-refractivity contribution in [1.82, 2.24) is 5.32 Å². The van der Waals surface area contributed by atoms with Crippen LogP contribution in [-0.4, -0.2) is 44.2 Å². The fourth-order valence-corrected chi connectivity index (χ4v) is 4.54. The molecule has 5 rings (SSSR count). The molecule has 0 radical (unpaired) electrons. The molecule has 38 heavy (non-hydrogen) atoms. The van der Waals surface area contributed by atoms with Crippen LogP contribution in [0.1, 0.15) is 42.9 Å². The van der Waals surface area contributed by atoms with E-state index < -0.39 is 6.10 Å². The van der Waals surface area contributed by atoms with E-state index in [4.69, 9.17) is 18.9 Å². The molecular weight excluding hydrogens is 482 g/mol. The highest BCUT2D eigenvalue weighted by atomic mass is 16.7. The minimum absolute atomic E-state index is 0.0444. The van der Waals surface area contributed by atoms with Gasteiger partial charge in [-0.25, -0.2) is 0 Å². The number of benzene rings is 3. The van der Waals surface area contributed by atoms with Crippen LogP contribution in [0.3, 0.4) is 0 Å². The highest BCUT2D eigenvalue weighted by molar-refractivity contribution is 5.99. The van der Waals surface area contributed by atoms with E-state index in [-0.39, 0.29) is 25.3 Å². The number of fused-ring (bicyclic) bond motifs is 1. The summed E-state index contributed by atoms with van der Waals surface area (Å²) in [5.74, 6) is 2.61. The van der Waals surface area contributed by atoms with E-state index in [0.717, 1.165) is 58.6 Å². The molecule has 7 heteroatoms. The lowest BCUT2D eigenvalue weighted by Gasteiger charge is -2.18. The number of hydrogen-bond donors (Lipinski definition) is 2. The molecule has 0 spiro atoms. The van der Waals surface area contributed by atoms with E-state index in [1.54, 1.807) is 7.05 Å². The Hall–Kier alpha value is -3.81. The Balaban J connectivity index is 1.49. The zero-order chi connectivity index (χ0) is 26.5. The molecule has 3 aromatic carbocycles. The van der Waals surface area contributed by atoms with Crippen LogP contribution >= 0.6 is 0 Å². The Labute approximate surface area is 223 Å². The Morgan fingerprint density at radius 2 is 1.58 bits per heavy atom. The highest BCUT2D eigenvalue weighted by Crippen LogP contribution is 2.40. The van der Waals surface area contributed by atoms with Crippen molar-refractivity contribution >= 4 is 17.1 Å². The number of aliphatic hydroxyl groups is 1. The average molecular weight is 516 g/mol. The fourth-order valence-electron chi connectivity index (χ4n) is 4.54. The van der Waals surface area contributed by atoms with Gasteiger partial charge >= 0.3 is 5.97 Å². The van der Waals surface area contributed by atoms with Crippen LogP contribution in [0.15, 0.2) is 66.7 Å². The number of carbonyl (C=O) groups is 1. The lowest BCUT2D eigenvalue weighted by atomic mass is 9.88. The van der Waals surface area contributed by atoms with E-state index in [9.17, 15) is 9.90 Å². The molecule has 0 aromatic heterocycles. The molecule has 1 heterocycles. The third-order valence-corrected chi connectivity index (χ3v) is 6.67. The zero-order valence-corrected chi connectivity index (χ0v) is 21.7. The Kier molecular flexibility index (Phi) is 7.96. The second kappa shape index (κ2) is 11.7. The van der Waals surface area contributed by atoms with Gasteiger partial charge in [0.05, 0.1) is 5.92 Å². The molecule has 2 aliphatic rings. The number of carbonyl (C=O) groups excluding carboxylic acids is 1. The highest BCUT2D eigenvalue weighted by Gasteiger charge is 2.31. The summed E-state index contributed by atoms with van der Waals surface area (Å²) in [6.07, 6.45) is 2.02. The van der Waals surface area contributed by atoms with Gasteiger partial charge < -0.3 is 29.4 Å². The van der Waals surface area contributed by atoms with Crippen molar-refractivity contribution < 1.29 is 28.8 Å². The summed E-state index contributed by atoms with van der Waals surface area (Å²) in [7, 11) is 1.79. The molecule has 1 aliphatic carbocycles. The molecule has 0 saturated heterocycles. The van der Waals surface area contributed by atoms with Crippen molar-refractivity contribution in [3.63, 3.8) is 0 Å². The molecule has 1 unspecified atom stereocenters. The molecule has 3 aromatic rings. The number of aliphatic hydroxyl groups excluding tert-OH is 1. The van der Waals surface area contributed by atoms with Crippen molar-refractivity contribution in [1.29, 1.82) is 0 Å². The molecule has 7 nitrogen and oxygen atoms in total. The summed E-state index contributed by atoms with van der Waals surface area (Å²) in [4.78, 5) is 12.1.